The lowest BCUT2D eigenvalue weighted by Crippen LogP contribution is -2.21. The van der Waals surface area contributed by atoms with Crippen molar-refractivity contribution in [2.24, 2.45) is 0 Å². The monoisotopic (exact) mass is 396 g/mol. The summed E-state index contributed by atoms with van der Waals surface area (Å²) in [6.07, 6.45) is 4.59. The van der Waals surface area contributed by atoms with Crippen LogP contribution in [-0.4, -0.2) is 40.9 Å². The van der Waals surface area contributed by atoms with Gasteiger partial charge in [0, 0.05) is 43.5 Å². The van der Waals surface area contributed by atoms with E-state index in [1.165, 1.54) is 0 Å². The Morgan fingerprint density at radius 1 is 1.24 bits per heavy atom. The van der Waals surface area contributed by atoms with Crippen LogP contribution in [0.5, 0.6) is 0 Å². The van der Waals surface area contributed by atoms with Crippen molar-refractivity contribution in [1.29, 1.82) is 0 Å². The zero-order valence-electron chi connectivity index (χ0n) is 16.6. The standard InChI is InChI=1S/C20H24N6O3/c1-11(4-5-28-3)29-20(27)26-18-7-13-6-17(25-19(22)15(13)9-24-18)14-8-23-10-16(21)12(14)2/h6-11H,4-5,21H2,1-3H3,(H2,22,25)(H,24,26,27)/t11-/m0/s1. The zero-order valence-corrected chi connectivity index (χ0v) is 16.6. The predicted octanol–water partition coefficient (Wildman–Crippen LogP) is 3.14. The third kappa shape index (κ3) is 4.69. The van der Waals surface area contributed by atoms with Crippen LogP contribution in [0.4, 0.5) is 22.1 Å². The molecule has 0 aromatic carbocycles. The van der Waals surface area contributed by atoms with Crippen LogP contribution in [0.2, 0.25) is 0 Å². The molecule has 29 heavy (non-hydrogen) atoms. The molecule has 0 saturated carbocycles. The second-order valence-corrected chi connectivity index (χ2v) is 6.71. The fourth-order valence-electron chi connectivity index (χ4n) is 2.84. The van der Waals surface area contributed by atoms with Crippen molar-refractivity contribution in [3.05, 3.63) is 36.3 Å². The van der Waals surface area contributed by atoms with Crippen molar-refractivity contribution in [3.8, 4) is 11.3 Å². The molecule has 0 aliphatic heterocycles. The maximum Gasteiger partial charge on any atom is 0.413 e. The molecule has 3 aromatic rings. The highest BCUT2D eigenvalue weighted by Gasteiger charge is 2.13. The molecule has 3 heterocycles. The number of hydrogen-bond donors (Lipinski definition) is 3. The molecule has 0 bridgehead atoms. The molecule has 9 nitrogen and oxygen atoms in total. The van der Waals surface area contributed by atoms with Crippen LogP contribution in [0.15, 0.2) is 30.7 Å². The topological polar surface area (TPSA) is 138 Å². The molecule has 0 radical (unpaired) electrons. The van der Waals surface area contributed by atoms with Crippen LogP contribution >= 0.6 is 0 Å². The number of fused-ring (bicyclic) bond motifs is 1. The smallest absolute Gasteiger partial charge is 0.413 e. The minimum atomic E-state index is -0.585. The summed E-state index contributed by atoms with van der Waals surface area (Å²) >= 11 is 0. The average Bonchev–Trinajstić information content (AvgIpc) is 2.68. The Bertz CT molecular complexity index is 1040. The third-order valence-corrected chi connectivity index (χ3v) is 4.54. The van der Waals surface area contributed by atoms with Gasteiger partial charge in [0.15, 0.2) is 0 Å². The minimum absolute atomic E-state index is 0.277. The second-order valence-electron chi connectivity index (χ2n) is 6.71. The van der Waals surface area contributed by atoms with Gasteiger partial charge in [-0.2, -0.15) is 0 Å². The minimum Gasteiger partial charge on any atom is -0.446 e. The number of nitrogens with one attached hydrogen (secondary N) is 1. The first-order valence-corrected chi connectivity index (χ1v) is 9.12. The van der Waals surface area contributed by atoms with Gasteiger partial charge in [-0.05, 0) is 36.9 Å². The van der Waals surface area contributed by atoms with E-state index in [1.807, 2.05) is 13.0 Å². The van der Waals surface area contributed by atoms with Crippen LogP contribution in [0.1, 0.15) is 18.9 Å². The maximum atomic E-state index is 12.1. The largest absolute Gasteiger partial charge is 0.446 e. The molecule has 0 unspecified atom stereocenters. The van der Waals surface area contributed by atoms with E-state index in [1.54, 1.807) is 38.7 Å². The first-order valence-electron chi connectivity index (χ1n) is 9.12. The van der Waals surface area contributed by atoms with E-state index in [2.05, 4.69) is 20.3 Å². The van der Waals surface area contributed by atoms with Gasteiger partial charge in [0.2, 0.25) is 0 Å². The highest BCUT2D eigenvalue weighted by atomic mass is 16.6. The van der Waals surface area contributed by atoms with Crippen LogP contribution < -0.4 is 16.8 Å². The van der Waals surface area contributed by atoms with Crippen molar-refractivity contribution >= 4 is 34.2 Å². The molecule has 0 aliphatic rings. The van der Waals surface area contributed by atoms with Gasteiger partial charge >= 0.3 is 6.09 Å². The number of aromatic nitrogens is 3. The highest BCUT2D eigenvalue weighted by Crippen LogP contribution is 2.30. The molecular weight excluding hydrogens is 372 g/mol. The van der Waals surface area contributed by atoms with Gasteiger partial charge in [-0.3, -0.25) is 10.3 Å². The van der Waals surface area contributed by atoms with Crippen LogP contribution in [-0.2, 0) is 9.47 Å². The quantitative estimate of drug-likeness (QED) is 0.577. The summed E-state index contributed by atoms with van der Waals surface area (Å²) in [6, 6.07) is 3.57. The Morgan fingerprint density at radius 2 is 2.03 bits per heavy atom. The molecule has 5 N–H and O–H groups in total. The number of nitrogen functional groups attached to an aromatic ring is 2. The average molecular weight is 396 g/mol. The summed E-state index contributed by atoms with van der Waals surface area (Å²) in [6.45, 7) is 4.21. The number of nitrogens with zero attached hydrogens (tertiary/aromatic N) is 3. The maximum absolute atomic E-state index is 12.1. The number of rotatable bonds is 6. The number of ether oxygens (including phenoxy) is 2. The molecule has 0 saturated heterocycles. The number of carbonyl (C=O) groups is 1. The summed E-state index contributed by atoms with van der Waals surface area (Å²) in [5.41, 5.74) is 14.9. The van der Waals surface area contributed by atoms with Crippen molar-refractivity contribution in [3.63, 3.8) is 0 Å². The van der Waals surface area contributed by atoms with Gasteiger partial charge in [0.25, 0.3) is 0 Å². The van der Waals surface area contributed by atoms with Gasteiger partial charge in [-0.25, -0.2) is 14.8 Å². The fourth-order valence-corrected chi connectivity index (χ4v) is 2.84. The fraction of sp³-hybridized carbons (Fsp3) is 0.300. The van der Waals surface area contributed by atoms with Crippen molar-refractivity contribution < 1.29 is 14.3 Å². The van der Waals surface area contributed by atoms with E-state index in [0.717, 1.165) is 16.5 Å². The number of carbonyl (C=O) groups excluding carboxylic acids is 1. The molecule has 0 spiro atoms. The number of amides is 1. The lowest BCUT2D eigenvalue weighted by molar-refractivity contribution is 0.0904. The zero-order chi connectivity index (χ0) is 21.0. The Hall–Kier alpha value is -3.46. The molecule has 3 rings (SSSR count). The number of pyridine rings is 3. The summed E-state index contributed by atoms with van der Waals surface area (Å²) in [5, 5.41) is 4.08. The Kier molecular flexibility index (Phi) is 6.08. The van der Waals surface area contributed by atoms with E-state index in [4.69, 9.17) is 20.9 Å². The van der Waals surface area contributed by atoms with Crippen molar-refractivity contribution in [1.82, 2.24) is 15.0 Å². The van der Waals surface area contributed by atoms with Crippen LogP contribution in [0.25, 0.3) is 22.0 Å². The van der Waals surface area contributed by atoms with E-state index < -0.39 is 6.09 Å². The number of hydrogen-bond acceptors (Lipinski definition) is 8. The summed E-state index contributed by atoms with van der Waals surface area (Å²) < 4.78 is 10.3. The predicted molar refractivity (Wildman–Crippen MR) is 112 cm³/mol. The first-order chi connectivity index (χ1) is 13.9. The second kappa shape index (κ2) is 8.70. The van der Waals surface area contributed by atoms with Gasteiger partial charge in [-0.15, -0.1) is 0 Å². The lowest BCUT2D eigenvalue weighted by Gasteiger charge is -2.14. The molecule has 0 fully saturated rings. The van der Waals surface area contributed by atoms with Crippen molar-refractivity contribution in [2.45, 2.75) is 26.4 Å². The van der Waals surface area contributed by atoms with Crippen LogP contribution in [0.3, 0.4) is 0 Å². The van der Waals surface area contributed by atoms with Gasteiger partial charge < -0.3 is 20.9 Å². The number of nitrogens with two attached hydrogens (primary N) is 2. The molecule has 9 heteroatoms. The van der Waals surface area contributed by atoms with Crippen LogP contribution in [0, 0.1) is 6.92 Å². The van der Waals surface area contributed by atoms with Gasteiger partial charge in [0.05, 0.1) is 17.6 Å². The first kappa shape index (κ1) is 20.3. The normalized spacial score (nSPS) is 12.0. The third-order valence-electron chi connectivity index (χ3n) is 4.54. The lowest BCUT2D eigenvalue weighted by atomic mass is 10.0. The SMILES string of the molecule is COCC[C@H](C)OC(=O)Nc1cc2cc(-c3cncc(N)c3C)nc(N)c2cn1. The Balaban J connectivity index is 1.87. The molecule has 3 aromatic heterocycles. The number of methoxy groups -OCH3 is 1. The summed E-state index contributed by atoms with van der Waals surface area (Å²) in [5.74, 6) is 0.676. The highest BCUT2D eigenvalue weighted by molar-refractivity contribution is 5.96. The Morgan fingerprint density at radius 3 is 2.79 bits per heavy atom. The molecule has 0 aliphatic carbocycles. The van der Waals surface area contributed by atoms with Crippen molar-refractivity contribution in [2.75, 3.05) is 30.5 Å². The summed E-state index contributed by atoms with van der Waals surface area (Å²) in [4.78, 5) is 24.9. The molecule has 1 amide bonds. The van der Waals surface area contributed by atoms with E-state index in [-0.39, 0.29) is 6.10 Å². The van der Waals surface area contributed by atoms with E-state index in [9.17, 15) is 4.79 Å². The molecule has 152 valence electrons. The molecule has 1 atom stereocenters. The Labute approximate surface area is 168 Å². The van der Waals surface area contributed by atoms with Gasteiger partial charge in [0.1, 0.15) is 17.7 Å². The number of anilines is 3. The van der Waals surface area contributed by atoms with Gasteiger partial charge in [-0.1, -0.05) is 0 Å². The van der Waals surface area contributed by atoms with E-state index >= 15 is 0 Å². The molecular formula is C20H24N6O3. The van der Waals surface area contributed by atoms with E-state index in [0.29, 0.717) is 41.4 Å². The summed E-state index contributed by atoms with van der Waals surface area (Å²) in [7, 11) is 1.60.